The maximum absolute atomic E-state index is 12.8. The van der Waals surface area contributed by atoms with Gasteiger partial charge in [0.1, 0.15) is 5.82 Å². The van der Waals surface area contributed by atoms with Crippen LogP contribution in [0.4, 0.5) is 5.82 Å². The number of anilines is 1. The topological polar surface area (TPSA) is 75.6 Å². The number of para-hydroxylation sites is 1. The molecule has 2 N–H and O–H groups in total. The Morgan fingerprint density at radius 1 is 1.19 bits per heavy atom. The minimum Gasteiger partial charge on any atom is -0.361 e. The zero-order valence-electron chi connectivity index (χ0n) is 16.6. The van der Waals surface area contributed by atoms with Crippen molar-refractivity contribution in [1.29, 1.82) is 0 Å². The van der Waals surface area contributed by atoms with Gasteiger partial charge in [0.15, 0.2) is 0 Å². The summed E-state index contributed by atoms with van der Waals surface area (Å²) in [6.07, 6.45) is 2.15. The number of halogens is 1. The summed E-state index contributed by atoms with van der Waals surface area (Å²) in [5.74, 6) is 0.486. The van der Waals surface area contributed by atoms with Gasteiger partial charge in [-0.25, -0.2) is 4.98 Å². The first kappa shape index (κ1) is 19.5. The molecular weight excluding hydrogens is 430 g/mol. The lowest BCUT2D eigenvalue weighted by molar-refractivity contribution is -0.115. The van der Waals surface area contributed by atoms with Crippen LogP contribution in [0.15, 0.2) is 66.2 Å². The van der Waals surface area contributed by atoms with Gasteiger partial charge in [-0.3, -0.25) is 4.79 Å². The van der Waals surface area contributed by atoms with E-state index in [9.17, 15) is 4.79 Å². The standard InChI is InChI=1S/C23H18ClN5OS/c1-14-10-21(27-22(30)11-16-12-25-19-5-3-2-4-18(16)19)29(28-14)23-26-20(13-31-23)15-6-8-17(24)9-7-15/h2-10,12-13,25H,11H2,1H3,(H,27,30). The molecule has 5 aromatic rings. The Morgan fingerprint density at radius 3 is 2.84 bits per heavy atom. The lowest BCUT2D eigenvalue weighted by Crippen LogP contribution is -2.17. The van der Waals surface area contributed by atoms with E-state index in [1.807, 2.05) is 73.1 Å². The second-order valence-electron chi connectivity index (χ2n) is 7.19. The molecule has 0 atom stereocenters. The Morgan fingerprint density at radius 2 is 2.00 bits per heavy atom. The molecule has 0 radical (unpaired) electrons. The molecule has 0 saturated carbocycles. The number of rotatable bonds is 5. The van der Waals surface area contributed by atoms with Crippen LogP contribution >= 0.6 is 22.9 Å². The van der Waals surface area contributed by atoms with E-state index in [1.165, 1.54) is 11.3 Å². The number of nitrogens with one attached hydrogen (secondary N) is 2. The molecule has 31 heavy (non-hydrogen) atoms. The number of amides is 1. The summed E-state index contributed by atoms with van der Waals surface area (Å²) in [5.41, 5.74) is 4.58. The molecule has 3 aromatic heterocycles. The number of thiazole rings is 1. The van der Waals surface area contributed by atoms with Gasteiger partial charge in [0.05, 0.1) is 17.8 Å². The number of nitrogens with zero attached hydrogens (tertiary/aromatic N) is 3. The van der Waals surface area contributed by atoms with E-state index >= 15 is 0 Å². The van der Waals surface area contributed by atoms with Crippen molar-refractivity contribution < 1.29 is 4.79 Å². The quantitative estimate of drug-likeness (QED) is 0.367. The number of hydrogen-bond acceptors (Lipinski definition) is 4. The normalized spacial score (nSPS) is 11.2. The van der Waals surface area contributed by atoms with Gasteiger partial charge in [-0.15, -0.1) is 11.3 Å². The van der Waals surface area contributed by atoms with Gasteiger partial charge in [0, 0.05) is 39.1 Å². The summed E-state index contributed by atoms with van der Waals surface area (Å²) in [5, 5.41) is 11.9. The van der Waals surface area contributed by atoms with Crippen LogP contribution < -0.4 is 5.32 Å². The third-order valence-corrected chi connectivity index (χ3v) is 6.01. The van der Waals surface area contributed by atoms with E-state index in [0.717, 1.165) is 33.4 Å². The highest BCUT2D eigenvalue weighted by Crippen LogP contribution is 2.27. The second-order valence-corrected chi connectivity index (χ2v) is 8.46. The van der Waals surface area contributed by atoms with Gasteiger partial charge in [-0.1, -0.05) is 41.9 Å². The Hall–Kier alpha value is -3.42. The number of benzene rings is 2. The molecule has 154 valence electrons. The first-order chi connectivity index (χ1) is 15.1. The van der Waals surface area contributed by atoms with E-state index in [-0.39, 0.29) is 12.3 Å². The van der Waals surface area contributed by atoms with Crippen molar-refractivity contribution in [3.63, 3.8) is 0 Å². The van der Waals surface area contributed by atoms with Crippen LogP contribution in [0.5, 0.6) is 0 Å². The molecule has 6 nitrogen and oxygen atoms in total. The second kappa shape index (κ2) is 8.02. The average molecular weight is 448 g/mol. The predicted molar refractivity (Wildman–Crippen MR) is 125 cm³/mol. The molecule has 0 saturated heterocycles. The predicted octanol–water partition coefficient (Wildman–Crippen LogP) is 5.62. The van der Waals surface area contributed by atoms with Crippen LogP contribution in [0.1, 0.15) is 11.3 Å². The molecule has 0 bridgehead atoms. The molecular formula is C23H18ClN5OS. The van der Waals surface area contributed by atoms with E-state index in [4.69, 9.17) is 16.6 Å². The minimum atomic E-state index is -0.111. The Labute approximate surface area is 187 Å². The van der Waals surface area contributed by atoms with Crippen LogP contribution in [-0.2, 0) is 11.2 Å². The van der Waals surface area contributed by atoms with Crippen LogP contribution in [0.3, 0.4) is 0 Å². The van der Waals surface area contributed by atoms with Gasteiger partial charge in [-0.05, 0) is 30.7 Å². The fourth-order valence-electron chi connectivity index (χ4n) is 3.49. The van der Waals surface area contributed by atoms with Gasteiger partial charge in [-0.2, -0.15) is 9.78 Å². The monoisotopic (exact) mass is 447 g/mol. The smallest absolute Gasteiger partial charge is 0.230 e. The first-order valence-electron chi connectivity index (χ1n) is 9.70. The number of carbonyl (C=O) groups is 1. The molecule has 2 aromatic carbocycles. The highest BCUT2D eigenvalue weighted by Gasteiger charge is 2.16. The van der Waals surface area contributed by atoms with E-state index in [2.05, 4.69) is 15.4 Å². The summed E-state index contributed by atoms with van der Waals surface area (Å²) in [6, 6.07) is 17.3. The Bertz CT molecular complexity index is 1380. The van der Waals surface area contributed by atoms with Crippen molar-refractivity contribution in [1.82, 2.24) is 19.7 Å². The fraction of sp³-hybridized carbons (Fsp3) is 0.0870. The van der Waals surface area contributed by atoms with Crippen molar-refractivity contribution in [3.8, 4) is 16.4 Å². The summed E-state index contributed by atoms with van der Waals surface area (Å²) in [6.45, 7) is 1.89. The maximum Gasteiger partial charge on any atom is 0.230 e. The minimum absolute atomic E-state index is 0.111. The number of hydrogen-bond donors (Lipinski definition) is 2. The molecule has 0 fully saturated rings. The molecule has 1 amide bonds. The average Bonchev–Trinajstić information content (AvgIpc) is 3.48. The lowest BCUT2D eigenvalue weighted by Gasteiger charge is -2.06. The summed E-state index contributed by atoms with van der Waals surface area (Å²) < 4.78 is 1.67. The van der Waals surface area contributed by atoms with Gasteiger partial charge < -0.3 is 10.3 Å². The largest absolute Gasteiger partial charge is 0.361 e. The van der Waals surface area contributed by atoms with Crippen LogP contribution in [0.25, 0.3) is 27.3 Å². The number of aromatic nitrogens is 4. The zero-order valence-corrected chi connectivity index (χ0v) is 18.2. The SMILES string of the molecule is Cc1cc(NC(=O)Cc2c[nH]c3ccccc23)n(-c2nc(-c3ccc(Cl)cc3)cs2)n1. The number of aryl methyl sites for hydroxylation is 1. The Balaban J connectivity index is 1.38. The first-order valence-corrected chi connectivity index (χ1v) is 11.0. The Kier molecular flexibility index (Phi) is 5.05. The van der Waals surface area contributed by atoms with Crippen molar-refractivity contribution in [2.75, 3.05) is 5.32 Å². The fourth-order valence-corrected chi connectivity index (χ4v) is 4.41. The van der Waals surface area contributed by atoms with Crippen molar-refractivity contribution in [2.24, 2.45) is 0 Å². The van der Waals surface area contributed by atoms with E-state index in [1.54, 1.807) is 4.68 Å². The number of H-pyrrole nitrogens is 1. The number of carbonyl (C=O) groups excluding carboxylic acids is 1. The van der Waals surface area contributed by atoms with Crippen LogP contribution in [0.2, 0.25) is 5.02 Å². The molecule has 0 aliphatic carbocycles. The highest BCUT2D eigenvalue weighted by molar-refractivity contribution is 7.12. The number of fused-ring (bicyclic) bond motifs is 1. The van der Waals surface area contributed by atoms with Crippen molar-refractivity contribution >= 4 is 45.6 Å². The zero-order chi connectivity index (χ0) is 21.4. The van der Waals surface area contributed by atoms with Crippen LogP contribution in [0, 0.1) is 6.92 Å². The molecule has 0 aliphatic rings. The summed E-state index contributed by atoms with van der Waals surface area (Å²) in [7, 11) is 0. The van der Waals surface area contributed by atoms with Gasteiger partial charge in [0.25, 0.3) is 0 Å². The molecule has 0 unspecified atom stereocenters. The van der Waals surface area contributed by atoms with Gasteiger partial charge >= 0.3 is 0 Å². The number of aromatic amines is 1. The molecule has 3 heterocycles. The van der Waals surface area contributed by atoms with Crippen molar-refractivity contribution in [3.05, 3.63) is 82.5 Å². The third-order valence-electron chi connectivity index (χ3n) is 4.94. The summed E-state index contributed by atoms with van der Waals surface area (Å²) in [4.78, 5) is 20.7. The van der Waals surface area contributed by atoms with Crippen molar-refractivity contribution in [2.45, 2.75) is 13.3 Å². The van der Waals surface area contributed by atoms with Crippen LogP contribution in [-0.4, -0.2) is 25.7 Å². The summed E-state index contributed by atoms with van der Waals surface area (Å²) >= 11 is 7.44. The molecule has 0 aliphatic heterocycles. The highest BCUT2D eigenvalue weighted by atomic mass is 35.5. The van der Waals surface area contributed by atoms with Gasteiger partial charge in [0.2, 0.25) is 11.0 Å². The maximum atomic E-state index is 12.8. The third kappa shape index (κ3) is 3.97. The van der Waals surface area contributed by atoms with E-state index in [0.29, 0.717) is 16.0 Å². The molecule has 8 heteroatoms. The lowest BCUT2D eigenvalue weighted by atomic mass is 10.1. The van der Waals surface area contributed by atoms with E-state index < -0.39 is 0 Å². The molecule has 5 rings (SSSR count). The molecule has 0 spiro atoms.